The van der Waals surface area contributed by atoms with Gasteiger partial charge in [0.2, 0.25) is 0 Å². The van der Waals surface area contributed by atoms with Crippen molar-refractivity contribution in [3.8, 4) is 5.75 Å². The fourth-order valence-electron chi connectivity index (χ4n) is 1.38. The number of anilines is 1. The second-order valence-corrected chi connectivity index (χ2v) is 5.01. The van der Waals surface area contributed by atoms with Crippen LogP contribution in [0.1, 0.15) is 0 Å². The third-order valence-corrected chi connectivity index (χ3v) is 3.59. The Labute approximate surface area is 110 Å². The Morgan fingerprint density at radius 1 is 1.12 bits per heavy atom. The number of hydrogen-bond donors (Lipinski definition) is 1. The first kappa shape index (κ1) is 12.1. The van der Waals surface area contributed by atoms with Gasteiger partial charge in [0.1, 0.15) is 5.75 Å². The molecule has 0 aliphatic carbocycles. The molecule has 4 heteroatoms. The Hall–Kier alpha value is -1.32. The molecule has 0 spiro atoms. The molecule has 2 aromatic carbocycles. The highest BCUT2D eigenvalue weighted by Crippen LogP contribution is 2.34. The van der Waals surface area contributed by atoms with Gasteiger partial charge in [-0.05, 0) is 42.5 Å². The van der Waals surface area contributed by atoms with Gasteiger partial charge in [0, 0.05) is 20.5 Å². The molecule has 2 rings (SSSR count). The summed E-state index contributed by atoms with van der Waals surface area (Å²) in [7, 11) is 1.65. The molecule has 0 saturated carbocycles. The summed E-state index contributed by atoms with van der Waals surface area (Å²) in [6.07, 6.45) is 0. The summed E-state index contributed by atoms with van der Waals surface area (Å²) in [5.41, 5.74) is 6.59. The van der Waals surface area contributed by atoms with Gasteiger partial charge in [0.05, 0.1) is 7.11 Å². The summed E-state index contributed by atoms with van der Waals surface area (Å²) in [6.45, 7) is 0. The van der Waals surface area contributed by atoms with E-state index in [0.717, 1.165) is 15.5 Å². The summed E-state index contributed by atoms with van der Waals surface area (Å²) < 4.78 is 5.11. The maximum Gasteiger partial charge on any atom is 0.118 e. The van der Waals surface area contributed by atoms with Crippen LogP contribution in [0.5, 0.6) is 5.75 Å². The van der Waals surface area contributed by atoms with E-state index in [-0.39, 0.29) is 0 Å². The van der Waals surface area contributed by atoms with Gasteiger partial charge in [-0.25, -0.2) is 0 Å². The highest BCUT2D eigenvalue weighted by atomic mass is 35.5. The van der Waals surface area contributed by atoms with E-state index < -0.39 is 0 Å². The molecule has 0 saturated heterocycles. The Bertz CT molecular complexity index is 513. The largest absolute Gasteiger partial charge is 0.497 e. The van der Waals surface area contributed by atoms with E-state index in [1.807, 2.05) is 36.4 Å². The zero-order valence-electron chi connectivity index (χ0n) is 9.31. The first-order valence-electron chi connectivity index (χ1n) is 5.06. The second-order valence-electron chi connectivity index (χ2n) is 3.46. The molecule has 0 fully saturated rings. The van der Waals surface area contributed by atoms with Crippen molar-refractivity contribution >= 4 is 29.1 Å². The summed E-state index contributed by atoms with van der Waals surface area (Å²) in [5, 5.41) is 0.654. The number of hydrogen-bond acceptors (Lipinski definition) is 3. The van der Waals surface area contributed by atoms with Crippen molar-refractivity contribution < 1.29 is 4.74 Å². The highest BCUT2D eigenvalue weighted by molar-refractivity contribution is 7.99. The van der Waals surface area contributed by atoms with Crippen molar-refractivity contribution in [1.82, 2.24) is 0 Å². The van der Waals surface area contributed by atoms with Crippen molar-refractivity contribution in [2.24, 2.45) is 0 Å². The monoisotopic (exact) mass is 265 g/mol. The molecular formula is C13H12ClNOS. The van der Waals surface area contributed by atoms with Crippen LogP contribution < -0.4 is 10.5 Å². The van der Waals surface area contributed by atoms with E-state index >= 15 is 0 Å². The topological polar surface area (TPSA) is 35.2 Å². The molecule has 0 radical (unpaired) electrons. The molecule has 0 aliphatic heterocycles. The molecule has 2 aromatic rings. The van der Waals surface area contributed by atoms with Crippen LogP contribution in [0.3, 0.4) is 0 Å². The van der Waals surface area contributed by atoms with E-state index in [4.69, 9.17) is 22.1 Å². The van der Waals surface area contributed by atoms with Crippen LogP contribution in [-0.4, -0.2) is 7.11 Å². The van der Waals surface area contributed by atoms with Crippen LogP contribution in [0, 0.1) is 0 Å². The van der Waals surface area contributed by atoms with Crippen molar-refractivity contribution in [2.45, 2.75) is 9.79 Å². The van der Waals surface area contributed by atoms with Crippen molar-refractivity contribution in [3.05, 3.63) is 47.5 Å². The first-order valence-corrected chi connectivity index (χ1v) is 6.25. The van der Waals surface area contributed by atoms with Gasteiger partial charge in [-0.3, -0.25) is 0 Å². The van der Waals surface area contributed by atoms with E-state index in [1.165, 1.54) is 0 Å². The summed E-state index contributed by atoms with van der Waals surface area (Å²) >= 11 is 7.46. The predicted octanol–water partition coefficient (Wildman–Crippen LogP) is 4.08. The van der Waals surface area contributed by atoms with Gasteiger partial charge in [-0.2, -0.15) is 0 Å². The Morgan fingerprint density at radius 2 is 1.82 bits per heavy atom. The lowest BCUT2D eigenvalue weighted by Crippen LogP contribution is -1.88. The molecule has 0 heterocycles. The summed E-state index contributed by atoms with van der Waals surface area (Å²) in [6, 6.07) is 13.4. The third kappa shape index (κ3) is 3.08. The van der Waals surface area contributed by atoms with Crippen molar-refractivity contribution in [2.75, 3.05) is 12.8 Å². The quantitative estimate of drug-likeness (QED) is 0.850. The third-order valence-electron chi connectivity index (χ3n) is 2.26. The number of nitrogens with two attached hydrogens (primary N) is 1. The number of benzene rings is 2. The average molecular weight is 266 g/mol. The number of methoxy groups -OCH3 is 1. The van der Waals surface area contributed by atoms with Crippen molar-refractivity contribution in [1.29, 1.82) is 0 Å². The molecule has 17 heavy (non-hydrogen) atoms. The number of ether oxygens (including phenoxy) is 1. The fourth-order valence-corrected chi connectivity index (χ4v) is 2.40. The number of halogens is 1. The van der Waals surface area contributed by atoms with Crippen molar-refractivity contribution in [3.63, 3.8) is 0 Å². The van der Waals surface area contributed by atoms with Gasteiger partial charge in [0.15, 0.2) is 0 Å². The predicted molar refractivity (Wildman–Crippen MR) is 73.0 cm³/mol. The van der Waals surface area contributed by atoms with Crippen LogP contribution in [0.4, 0.5) is 5.69 Å². The first-order chi connectivity index (χ1) is 8.19. The Balaban J connectivity index is 2.19. The van der Waals surface area contributed by atoms with Crippen LogP contribution in [0.15, 0.2) is 52.3 Å². The smallest absolute Gasteiger partial charge is 0.118 e. The van der Waals surface area contributed by atoms with E-state index in [0.29, 0.717) is 10.7 Å². The average Bonchev–Trinajstić information content (AvgIpc) is 2.34. The molecule has 0 atom stereocenters. The zero-order valence-corrected chi connectivity index (χ0v) is 10.9. The van der Waals surface area contributed by atoms with Crippen LogP contribution in [-0.2, 0) is 0 Å². The minimum absolute atomic E-state index is 0.654. The van der Waals surface area contributed by atoms with Gasteiger partial charge in [0.25, 0.3) is 0 Å². The van der Waals surface area contributed by atoms with Crippen LogP contribution >= 0.6 is 23.4 Å². The molecule has 2 N–H and O–H groups in total. The minimum atomic E-state index is 0.654. The van der Waals surface area contributed by atoms with Gasteiger partial charge >= 0.3 is 0 Å². The molecule has 0 unspecified atom stereocenters. The fraction of sp³-hybridized carbons (Fsp3) is 0.0769. The lowest BCUT2D eigenvalue weighted by Gasteiger charge is -2.06. The van der Waals surface area contributed by atoms with Crippen LogP contribution in [0.2, 0.25) is 5.02 Å². The highest BCUT2D eigenvalue weighted by Gasteiger charge is 2.02. The van der Waals surface area contributed by atoms with Gasteiger partial charge < -0.3 is 10.5 Å². The lowest BCUT2D eigenvalue weighted by molar-refractivity contribution is 0.414. The van der Waals surface area contributed by atoms with E-state index in [2.05, 4.69) is 0 Å². The molecule has 0 amide bonds. The van der Waals surface area contributed by atoms with Crippen LogP contribution in [0.25, 0.3) is 0 Å². The molecule has 0 aliphatic rings. The lowest BCUT2D eigenvalue weighted by atomic mass is 10.3. The molecular weight excluding hydrogens is 254 g/mol. The summed E-state index contributed by atoms with van der Waals surface area (Å²) in [4.78, 5) is 2.11. The van der Waals surface area contributed by atoms with E-state index in [1.54, 1.807) is 24.9 Å². The van der Waals surface area contributed by atoms with E-state index in [9.17, 15) is 0 Å². The standard InChI is InChI=1S/C13H12ClNOS/c1-16-10-3-5-11(6-4-10)17-13-7-2-9(14)8-12(13)15/h2-8H,15H2,1H3. The maximum absolute atomic E-state index is 5.90. The molecule has 0 aromatic heterocycles. The Kier molecular flexibility index (Phi) is 3.82. The SMILES string of the molecule is COc1ccc(Sc2ccc(Cl)cc2N)cc1. The second kappa shape index (κ2) is 5.34. The molecule has 88 valence electrons. The Morgan fingerprint density at radius 3 is 2.41 bits per heavy atom. The minimum Gasteiger partial charge on any atom is -0.497 e. The summed E-state index contributed by atoms with van der Waals surface area (Å²) in [5.74, 6) is 0.846. The van der Waals surface area contributed by atoms with Gasteiger partial charge in [-0.15, -0.1) is 0 Å². The number of rotatable bonds is 3. The molecule has 2 nitrogen and oxygen atoms in total. The zero-order chi connectivity index (χ0) is 12.3. The normalized spacial score (nSPS) is 10.2. The maximum atomic E-state index is 5.90. The number of nitrogen functional groups attached to an aromatic ring is 1. The van der Waals surface area contributed by atoms with Gasteiger partial charge in [-0.1, -0.05) is 23.4 Å². The molecule has 0 bridgehead atoms.